The summed E-state index contributed by atoms with van der Waals surface area (Å²) in [5.41, 5.74) is 1.56. The predicted molar refractivity (Wildman–Crippen MR) is 69.7 cm³/mol. The van der Waals surface area contributed by atoms with E-state index in [0.717, 1.165) is 0 Å². The number of amides is 1. The Hall–Kier alpha value is -1.95. The van der Waals surface area contributed by atoms with Crippen LogP contribution in [0.3, 0.4) is 0 Å². The molecule has 1 amide bonds. The molecular formula is C12H13N3O2S. The molecule has 0 unspecified atom stereocenters. The summed E-state index contributed by atoms with van der Waals surface area (Å²) < 4.78 is 5.62. The van der Waals surface area contributed by atoms with E-state index in [9.17, 15) is 4.79 Å². The van der Waals surface area contributed by atoms with Gasteiger partial charge in [0.15, 0.2) is 6.10 Å². The summed E-state index contributed by atoms with van der Waals surface area (Å²) in [5, 5.41) is 10.6. The highest BCUT2D eigenvalue weighted by molar-refractivity contribution is 7.13. The highest BCUT2D eigenvalue weighted by atomic mass is 32.1. The summed E-state index contributed by atoms with van der Waals surface area (Å²) in [6.45, 7) is 1.90. The quantitative estimate of drug-likeness (QED) is 0.899. The van der Waals surface area contributed by atoms with Crippen LogP contribution in [0.15, 0.2) is 35.8 Å². The Kier molecular flexibility index (Phi) is 4.25. The number of benzene rings is 1. The van der Waals surface area contributed by atoms with Gasteiger partial charge in [-0.1, -0.05) is 36.5 Å². The summed E-state index contributed by atoms with van der Waals surface area (Å²) >= 11 is 1.28. The Morgan fingerprint density at radius 1 is 1.44 bits per heavy atom. The first-order valence-corrected chi connectivity index (χ1v) is 6.46. The third-order valence-corrected chi connectivity index (χ3v) is 2.88. The Bertz CT molecular complexity index is 487. The zero-order chi connectivity index (χ0) is 12.8. The van der Waals surface area contributed by atoms with Crippen LogP contribution in [0.1, 0.15) is 13.3 Å². The van der Waals surface area contributed by atoms with Crippen molar-refractivity contribution in [1.82, 2.24) is 10.2 Å². The van der Waals surface area contributed by atoms with Crippen LogP contribution in [0.4, 0.5) is 5.13 Å². The smallest absolute Gasteiger partial charge is 0.267 e. The molecule has 2 rings (SSSR count). The molecule has 0 aliphatic rings. The molecule has 2 aromatic rings. The second kappa shape index (κ2) is 6.11. The molecule has 1 atom stereocenters. The topological polar surface area (TPSA) is 64.1 Å². The molecule has 1 aromatic carbocycles. The molecule has 1 N–H and O–H groups in total. The number of anilines is 1. The summed E-state index contributed by atoms with van der Waals surface area (Å²) in [4.78, 5) is 11.9. The molecular weight excluding hydrogens is 250 g/mol. The van der Waals surface area contributed by atoms with Gasteiger partial charge in [0, 0.05) is 0 Å². The lowest BCUT2D eigenvalue weighted by Crippen LogP contribution is -2.32. The lowest BCUT2D eigenvalue weighted by Gasteiger charge is -2.16. The van der Waals surface area contributed by atoms with Crippen LogP contribution in [0, 0.1) is 0 Å². The summed E-state index contributed by atoms with van der Waals surface area (Å²) in [6.07, 6.45) is 0.0517. The minimum Gasteiger partial charge on any atom is -0.481 e. The molecule has 6 heteroatoms. The lowest BCUT2D eigenvalue weighted by molar-refractivity contribution is -0.122. The number of para-hydroxylation sites is 1. The Morgan fingerprint density at radius 2 is 2.22 bits per heavy atom. The molecule has 0 aliphatic heterocycles. The fraction of sp³-hybridized carbons (Fsp3) is 0.250. The molecule has 0 fully saturated rings. The number of rotatable bonds is 5. The second-order valence-corrected chi connectivity index (χ2v) is 4.39. The highest BCUT2D eigenvalue weighted by Crippen LogP contribution is 2.15. The number of hydrogen-bond acceptors (Lipinski definition) is 5. The fourth-order valence-corrected chi connectivity index (χ4v) is 1.85. The Morgan fingerprint density at radius 3 is 2.83 bits per heavy atom. The molecule has 18 heavy (non-hydrogen) atoms. The molecule has 94 valence electrons. The SMILES string of the molecule is CC[C@H](Oc1ccccc1)C(=O)Nc1nncs1. The lowest BCUT2D eigenvalue weighted by atomic mass is 10.2. The minimum atomic E-state index is -0.531. The van der Waals surface area contributed by atoms with Gasteiger partial charge in [0.05, 0.1) is 0 Å². The molecule has 1 aromatic heterocycles. The zero-order valence-corrected chi connectivity index (χ0v) is 10.7. The van der Waals surface area contributed by atoms with E-state index in [4.69, 9.17) is 4.74 Å². The van der Waals surface area contributed by atoms with Gasteiger partial charge < -0.3 is 4.74 Å². The van der Waals surface area contributed by atoms with Gasteiger partial charge in [-0.05, 0) is 18.6 Å². The number of nitrogens with one attached hydrogen (secondary N) is 1. The molecule has 0 aliphatic carbocycles. The van der Waals surface area contributed by atoms with E-state index in [1.807, 2.05) is 37.3 Å². The van der Waals surface area contributed by atoms with Crippen molar-refractivity contribution < 1.29 is 9.53 Å². The Labute approximate surface area is 109 Å². The number of ether oxygens (including phenoxy) is 1. The normalized spacial score (nSPS) is 11.8. The molecule has 1 heterocycles. The van der Waals surface area contributed by atoms with Crippen LogP contribution in [0.5, 0.6) is 5.75 Å². The minimum absolute atomic E-state index is 0.210. The van der Waals surface area contributed by atoms with Gasteiger partial charge in [-0.25, -0.2) is 0 Å². The highest BCUT2D eigenvalue weighted by Gasteiger charge is 2.19. The van der Waals surface area contributed by atoms with Gasteiger partial charge in [0.25, 0.3) is 5.91 Å². The van der Waals surface area contributed by atoms with Crippen molar-refractivity contribution in [3.63, 3.8) is 0 Å². The van der Waals surface area contributed by atoms with Crippen molar-refractivity contribution >= 4 is 22.4 Å². The van der Waals surface area contributed by atoms with Gasteiger partial charge >= 0.3 is 0 Å². The van der Waals surface area contributed by atoms with Crippen LogP contribution >= 0.6 is 11.3 Å². The zero-order valence-electron chi connectivity index (χ0n) is 9.87. The van der Waals surface area contributed by atoms with Gasteiger partial charge in [-0.3, -0.25) is 10.1 Å². The Balaban J connectivity index is 1.98. The first-order valence-electron chi connectivity index (χ1n) is 5.58. The molecule has 0 radical (unpaired) electrons. The first-order chi connectivity index (χ1) is 8.79. The predicted octanol–water partition coefficient (Wildman–Crippen LogP) is 2.33. The van der Waals surface area contributed by atoms with Crippen LogP contribution < -0.4 is 10.1 Å². The van der Waals surface area contributed by atoms with Crippen molar-refractivity contribution in [3.05, 3.63) is 35.8 Å². The van der Waals surface area contributed by atoms with E-state index in [1.54, 1.807) is 5.51 Å². The van der Waals surface area contributed by atoms with E-state index in [0.29, 0.717) is 17.3 Å². The third kappa shape index (κ3) is 3.27. The number of aromatic nitrogens is 2. The molecule has 5 nitrogen and oxygen atoms in total. The van der Waals surface area contributed by atoms with E-state index in [1.165, 1.54) is 11.3 Å². The number of carbonyl (C=O) groups excluding carboxylic acids is 1. The van der Waals surface area contributed by atoms with Gasteiger partial charge in [-0.2, -0.15) is 0 Å². The number of nitrogens with zero attached hydrogens (tertiary/aromatic N) is 2. The standard InChI is InChI=1S/C12H13N3O2S/c1-2-10(17-9-6-4-3-5-7-9)11(16)14-12-15-13-8-18-12/h3-8,10H,2H2,1H3,(H,14,15,16)/t10-/m0/s1. The fourth-order valence-electron chi connectivity index (χ4n) is 1.40. The number of hydrogen-bond donors (Lipinski definition) is 1. The summed E-state index contributed by atoms with van der Waals surface area (Å²) in [7, 11) is 0. The van der Waals surface area contributed by atoms with Crippen molar-refractivity contribution in [2.24, 2.45) is 0 Å². The average Bonchev–Trinajstić information content (AvgIpc) is 2.90. The van der Waals surface area contributed by atoms with Crippen LogP contribution in [-0.4, -0.2) is 22.2 Å². The monoisotopic (exact) mass is 263 g/mol. The van der Waals surface area contributed by atoms with Gasteiger partial charge in [0.2, 0.25) is 5.13 Å². The van der Waals surface area contributed by atoms with E-state index >= 15 is 0 Å². The maximum absolute atomic E-state index is 11.9. The van der Waals surface area contributed by atoms with Crippen molar-refractivity contribution in [3.8, 4) is 5.75 Å². The first kappa shape index (κ1) is 12.5. The van der Waals surface area contributed by atoms with Crippen molar-refractivity contribution in [2.75, 3.05) is 5.32 Å². The number of carbonyl (C=O) groups is 1. The molecule has 0 spiro atoms. The molecule has 0 saturated carbocycles. The summed E-state index contributed by atoms with van der Waals surface area (Å²) in [5.74, 6) is 0.467. The average molecular weight is 263 g/mol. The van der Waals surface area contributed by atoms with Gasteiger partial charge in [0.1, 0.15) is 11.3 Å². The van der Waals surface area contributed by atoms with E-state index in [-0.39, 0.29) is 5.91 Å². The molecule has 0 bridgehead atoms. The van der Waals surface area contributed by atoms with E-state index < -0.39 is 6.10 Å². The van der Waals surface area contributed by atoms with Crippen LogP contribution in [-0.2, 0) is 4.79 Å². The van der Waals surface area contributed by atoms with Crippen molar-refractivity contribution in [2.45, 2.75) is 19.4 Å². The second-order valence-electron chi connectivity index (χ2n) is 3.56. The summed E-state index contributed by atoms with van der Waals surface area (Å²) in [6, 6.07) is 9.27. The third-order valence-electron chi connectivity index (χ3n) is 2.27. The van der Waals surface area contributed by atoms with Crippen LogP contribution in [0.2, 0.25) is 0 Å². The van der Waals surface area contributed by atoms with Crippen molar-refractivity contribution in [1.29, 1.82) is 0 Å². The maximum Gasteiger partial charge on any atom is 0.267 e. The molecule has 0 saturated heterocycles. The largest absolute Gasteiger partial charge is 0.481 e. The maximum atomic E-state index is 11.9. The van der Waals surface area contributed by atoms with Crippen LogP contribution in [0.25, 0.3) is 0 Å². The van der Waals surface area contributed by atoms with E-state index in [2.05, 4.69) is 15.5 Å². The van der Waals surface area contributed by atoms with Gasteiger partial charge in [-0.15, -0.1) is 10.2 Å².